The Morgan fingerprint density at radius 3 is 2.63 bits per heavy atom. The van der Waals surface area contributed by atoms with Crippen LogP contribution in [0.25, 0.3) is 0 Å². The van der Waals surface area contributed by atoms with E-state index in [-0.39, 0.29) is 13.2 Å². The van der Waals surface area contributed by atoms with Crippen molar-refractivity contribution in [2.45, 2.75) is 6.61 Å². The van der Waals surface area contributed by atoms with E-state index in [1.54, 1.807) is 12.1 Å². The van der Waals surface area contributed by atoms with E-state index >= 15 is 0 Å². The van der Waals surface area contributed by atoms with E-state index in [9.17, 15) is 4.79 Å². The van der Waals surface area contributed by atoms with Crippen LogP contribution in [0.2, 0.25) is 5.15 Å². The first-order chi connectivity index (χ1) is 9.24. The van der Waals surface area contributed by atoms with E-state index in [1.165, 1.54) is 6.20 Å². The summed E-state index contributed by atoms with van der Waals surface area (Å²) >= 11 is 5.63. The van der Waals surface area contributed by atoms with Gasteiger partial charge in [0.1, 0.15) is 17.5 Å². The van der Waals surface area contributed by atoms with Crippen molar-refractivity contribution in [3.05, 3.63) is 59.4 Å². The Morgan fingerprint density at radius 2 is 1.95 bits per heavy atom. The topological polar surface area (TPSA) is 48.4 Å². The second-order valence-corrected chi connectivity index (χ2v) is 4.14. The highest BCUT2D eigenvalue weighted by Crippen LogP contribution is 2.12. The van der Waals surface area contributed by atoms with E-state index in [4.69, 9.17) is 21.1 Å². The lowest BCUT2D eigenvalue weighted by Crippen LogP contribution is -2.14. The minimum absolute atomic E-state index is 0.157. The summed E-state index contributed by atoms with van der Waals surface area (Å²) in [5.41, 5.74) is 0.934. The third kappa shape index (κ3) is 4.60. The monoisotopic (exact) mass is 277 g/mol. The maximum atomic E-state index is 11.5. The lowest BCUT2D eigenvalue weighted by molar-refractivity contribution is -0.147. The van der Waals surface area contributed by atoms with Crippen molar-refractivity contribution in [2.24, 2.45) is 0 Å². The summed E-state index contributed by atoms with van der Waals surface area (Å²) in [6.07, 6.45) is 1.45. The molecule has 0 N–H and O–H groups in total. The van der Waals surface area contributed by atoms with E-state index in [1.807, 2.05) is 30.3 Å². The lowest BCUT2D eigenvalue weighted by atomic mass is 10.2. The zero-order valence-corrected chi connectivity index (χ0v) is 10.8. The number of nitrogens with zero attached hydrogens (tertiary/aromatic N) is 1. The number of ether oxygens (including phenoxy) is 2. The van der Waals surface area contributed by atoms with Crippen molar-refractivity contribution in [3.8, 4) is 5.75 Å². The van der Waals surface area contributed by atoms with E-state index in [2.05, 4.69) is 4.98 Å². The molecular formula is C14H12ClNO3. The predicted molar refractivity (Wildman–Crippen MR) is 71.0 cm³/mol. The van der Waals surface area contributed by atoms with Gasteiger partial charge in [-0.3, -0.25) is 0 Å². The van der Waals surface area contributed by atoms with Gasteiger partial charge in [0.25, 0.3) is 0 Å². The molecule has 1 aromatic heterocycles. The van der Waals surface area contributed by atoms with Crippen LogP contribution < -0.4 is 4.74 Å². The van der Waals surface area contributed by atoms with Crippen LogP contribution in [0, 0.1) is 0 Å². The van der Waals surface area contributed by atoms with Crippen LogP contribution in [0.15, 0.2) is 48.7 Å². The molecule has 5 heteroatoms. The van der Waals surface area contributed by atoms with Crippen molar-refractivity contribution in [3.63, 3.8) is 0 Å². The van der Waals surface area contributed by atoms with E-state index in [0.29, 0.717) is 10.9 Å². The summed E-state index contributed by atoms with van der Waals surface area (Å²) in [7, 11) is 0. The molecule has 0 amide bonds. The maximum absolute atomic E-state index is 11.5. The Kier molecular flexibility index (Phi) is 4.75. The second kappa shape index (κ2) is 6.75. The quantitative estimate of drug-likeness (QED) is 0.623. The fourth-order valence-electron chi connectivity index (χ4n) is 1.37. The molecule has 0 atom stereocenters. The smallest absolute Gasteiger partial charge is 0.344 e. The van der Waals surface area contributed by atoms with Gasteiger partial charge in [0.15, 0.2) is 6.61 Å². The average Bonchev–Trinajstić information content (AvgIpc) is 2.45. The van der Waals surface area contributed by atoms with Crippen LogP contribution in [-0.2, 0) is 16.1 Å². The number of esters is 1. The normalized spacial score (nSPS) is 9.95. The molecule has 0 unspecified atom stereocenters. The highest BCUT2D eigenvalue weighted by atomic mass is 35.5. The molecule has 0 fully saturated rings. The van der Waals surface area contributed by atoms with Gasteiger partial charge in [-0.2, -0.15) is 0 Å². The molecule has 0 aliphatic carbocycles. The van der Waals surface area contributed by atoms with Gasteiger partial charge in [0.2, 0.25) is 0 Å². The maximum Gasteiger partial charge on any atom is 0.344 e. The highest BCUT2D eigenvalue weighted by molar-refractivity contribution is 6.29. The molecule has 19 heavy (non-hydrogen) atoms. The van der Waals surface area contributed by atoms with Gasteiger partial charge in [-0.05, 0) is 17.7 Å². The summed E-state index contributed by atoms with van der Waals surface area (Å²) in [6, 6.07) is 12.7. The summed E-state index contributed by atoms with van der Waals surface area (Å²) in [5.74, 6) is 0.0415. The van der Waals surface area contributed by atoms with Crippen molar-refractivity contribution in [2.75, 3.05) is 6.61 Å². The zero-order valence-electron chi connectivity index (χ0n) is 10.1. The lowest BCUT2D eigenvalue weighted by Gasteiger charge is -2.06. The van der Waals surface area contributed by atoms with Gasteiger partial charge in [0.05, 0.1) is 6.20 Å². The van der Waals surface area contributed by atoms with Gasteiger partial charge < -0.3 is 9.47 Å². The molecule has 2 aromatic rings. The molecule has 0 bridgehead atoms. The molecule has 1 aromatic carbocycles. The molecule has 98 valence electrons. The largest absolute Gasteiger partial charge is 0.480 e. The van der Waals surface area contributed by atoms with Gasteiger partial charge in [-0.15, -0.1) is 0 Å². The minimum atomic E-state index is -0.432. The molecule has 1 heterocycles. The van der Waals surface area contributed by atoms with Gasteiger partial charge in [-0.1, -0.05) is 41.9 Å². The Balaban J connectivity index is 1.74. The number of aromatic nitrogens is 1. The van der Waals surface area contributed by atoms with Crippen LogP contribution in [0.5, 0.6) is 5.75 Å². The first-order valence-corrected chi connectivity index (χ1v) is 6.06. The first kappa shape index (κ1) is 13.4. The summed E-state index contributed by atoms with van der Waals surface area (Å²) in [5, 5.41) is 0.374. The third-order valence-electron chi connectivity index (χ3n) is 2.30. The molecule has 4 nitrogen and oxygen atoms in total. The number of pyridine rings is 1. The first-order valence-electron chi connectivity index (χ1n) is 5.68. The van der Waals surface area contributed by atoms with Crippen LogP contribution in [0.4, 0.5) is 0 Å². The summed E-state index contributed by atoms with van der Waals surface area (Å²) in [4.78, 5) is 15.3. The standard InChI is InChI=1S/C14H12ClNO3/c15-13-7-6-12(8-16-13)18-10-14(17)19-9-11-4-2-1-3-5-11/h1-8H,9-10H2. The molecule has 2 rings (SSSR count). The van der Waals surface area contributed by atoms with Gasteiger partial charge >= 0.3 is 5.97 Å². The fraction of sp³-hybridized carbons (Fsp3) is 0.143. The third-order valence-corrected chi connectivity index (χ3v) is 2.52. The molecule has 0 saturated heterocycles. The second-order valence-electron chi connectivity index (χ2n) is 3.75. The van der Waals surface area contributed by atoms with E-state index < -0.39 is 5.97 Å². The number of halogens is 1. The Hall–Kier alpha value is -2.07. The number of carbonyl (C=O) groups excluding carboxylic acids is 1. The SMILES string of the molecule is O=C(COc1ccc(Cl)nc1)OCc1ccccc1. The van der Waals surface area contributed by atoms with Gasteiger partial charge in [-0.25, -0.2) is 9.78 Å². The molecule has 0 aliphatic heterocycles. The van der Waals surface area contributed by atoms with Crippen molar-refractivity contribution >= 4 is 17.6 Å². The van der Waals surface area contributed by atoms with Crippen LogP contribution in [0.3, 0.4) is 0 Å². The summed E-state index contributed by atoms with van der Waals surface area (Å²) < 4.78 is 10.3. The van der Waals surface area contributed by atoms with E-state index in [0.717, 1.165) is 5.56 Å². The molecular weight excluding hydrogens is 266 g/mol. The molecule has 0 spiro atoms. The number of carbonyl (C=O) groups is 1. The van der Waals surface area contributed by atoms with Crippen molar-refractivity contribution < 1.29 is 14.3 Å². The summed E-state index contributed by atoms with van der Waals surface area (Å²) in [6.45, 7) is 0.0814. The Bertz CT molecular complexity index is 528. The number of benzene rings is 1. The van der Waals surface area contributed by atoms with Crippen LogP contribution in [0.1, 0.15) is 5.56 Å². The number of hydrogen-bond donors (Lipinski definition) is 0. The molecule has 0 aliphatic rings. The highest BCUT2D eigenvalue weighted by Gasteiger charge is 2.05. The molecule has 0 radical (unpaired) electrons. The van der Waals surface area contributed by atoms with Gasteiger partial charge in [0, 0.05) is 0 Å². The number of rotatable bonds is 5. The van der Waals surface area contributed by atoms with Crippen molar-refractivity contribution in [1.82, 2.24) is 4.98 Å². The minimum Gasteiger partial charge on any atom is -0.480 e. The Labute approximate surface area is 115 Å². The van der Waals surface area contributed by atoms with Crippen LogP contribution >= 0.6 is 11.6 Å². The Morgan fingerprint density at radius 1 is 1.16 bits per heavy atom. The van der Waals surface area contributed by atoms with Crippen LogP contribution in [-0.4, -0.2) is 17.6 Å². The number of hydrogen-bond acceptors (Lipinski definition) is 4. The predicted octanol–water partition coefficient (Wildman–Crippen LogP) is 2.86. The molecule has 0 saturated carbocycles. The van der Waals surface area contributed by atoms with Crippen molar-refractivity contribution in [1.29, 1.82) is 0 Å². The average molecular weight is 278 g/mol. The fourth-order valence-corrected chi connectivity index (χ4v) is 1.48. The zero-order chi connectivity index (χ0) is 13.5.